The molecule has 5 nitrogen and oxygen atoms in total. The van der Waals surface area contributed by atoms with Crippen LogP contribution < -0.4 is 5.32 Å². The van der Waals surface area contributed by atoms with Gasteiger partial charge in [-0.1, -0.05) is 6.07 Å². The summed E-state index contributed by atoms with van der Waals surface area (Å²) in [7, 11) is 0. The predicted octanol–water partition coefficient (Wildman–Crippen LogP) is 4.60. The number of amides is 1. The third kappa shape index (κ3) is 3.86. The van der Waals surface area contributed by atoms with Gasteiger partial charge in [0.2, 0.25) is 0 Å². The van der Waals surface area contributed by atoms with Gasteiger partial charge in [0.15, 0.2) is 0 Å². The van der Waals surface area contributed by atoms with Crippen molar-refractivity contribution >= 4 is 11.6 Å². The second-order valence-electron chi connectivity index (χ2n) is 6.15. The summed E-state index contributed by atoms with van der Waals surface area (Å²) >= 11 is 0. The molecule has 0 radical (unpaired) electrons. The van der Waals surface area contributed by atoms with E-state index in [2.05, 4.69) is 15.4 Å². The molecule has 0 atom stereocenters. The van der Waals surface area contributed by atoms with Gasteiger partial charge in [-0.25, -0.2) is 17.9 Å². The molecule has 0 aliphatic rings. The SMILES string of the molecule is O=C(Nc1cc(F)cc(F)c1)c1cnn(-c2cccc(F)c2)c1-c1ccncc1. The molecule has 0 saturated heterocycles. The Morgan fingerprint density at radius 3 is 2.31 bits per heavy atom. The molecule has 4 aromatic rings. The van der Waals surface area contributed by atoms with Gasteiger partial charge in [-0.2, -0.15) is 5.10 Å². The van der Waals surface area contributed by atoms with Crippen molar-refractivity contribution in [2.45, 2.75) is 0 Å². The average Bonchev–Trinajstić information content (AvgIpc) is 3.13. The standard InChI is InChI=1S/C21H13F3N4O/c22-14-2-1-3-18(11-14)28-20(13-4-6-25-7-5-13)19(12-26-28)21(29)27-17-9-15(23)8-16(24)10-17/h1-12H,(H,27,29). The molecule has 2 heterocycles. The van der Waals surface area contributed by atoms with E-state index in [9.17, 15) is 18.0 Å². The third-order valence-electron chi connectivity index (χ3n) is 4.14. The monoisotopic (exact) mass is 394 g/mol. The maximum absolute atomic E-state index is 13.7. The normalized spacial score (nSPS) is 10.7. The van der Waals surface area contributed by atoms with E-state index in [0.29, 0.717) is 23.0 Å². The predicted molar refractivity (Wildman–Crippen MR) is 101 cm³/mol. The van der Waals surface area contributed by atoms with E-state index in [4.69, 9.17) is 0 Å². The van der Waals surface area contributed by atoms with E-state index in [1.165, 1.54) is 29.1 Å². The Kier molecular flexibility index (Phi) is 4.82. The highest BCUT2D eigenvalue weighted by Crippen LogP contribution is 2.27. The second kappa shape index (κ2) is 7.59. The Morgan fingerprint density at radius 1 is 0.897 bits per heavy atom. The lowest BCUT2D eigenvalue weighted by Gasteiger charge is -2.11. The number of carbonyl (C=O) groups excluding carboxylic acids is 1. The number of rotatable bonds is 4. The molecule has 0 unspecified atom stereocenters. The summed E-state index contributed by atoms with van der Waals surface area (Å²) in [4.78, 5) is 16.8. The van der Waals surface area contributed by atoms with Crippen LogP contribution in [0.15, 0.2) is 73.2 Å². The topological polar surface area (TPSA) is 59.8 Å². The van der Waals surface area contributed by atoms with E-state index in [1.54, 1.807) is 30.6 Å². The number of aromatic nitrogens is 3. The first-order valence-electron chi connectivity index (χ1n) is 8.53. The summed E-state index contributed by atoms with van der Waals surface area (Å²) in [6.45, 7) is 0. The van der Waals surface area contributed by atoms with Crippen LogP contribution in [0.2, 0.25) is 0 Å². The largest absolute Gasteiger partial charge is 0.322 e. The first-order valence-corrected chi connectivity index (χ1v) is 8.53. The van der Waals surface area contributed by atoms with Gasteiger partial charge < -0.3 is 5.32 Å². The Hall–Kier alpha value is -3.94. The third-order valence-corrected chi connectivity index (χ3v) is 4.14. The zero-order chi connectivity index (χ0) is 20.4. The first kappa shape index (κ1) is 18.4. The van der Waals surface area contributed by atoms with Crippen LogP contribution in [0.5, 0.6) is 0 Å². The van der Waals surface area contributed by atoms with Crippen molar-refractivity contribution in [1.82, 2.24) is 14.8 Å². The van der Waals surface area contributed by atoms with E-state index in [1.807, 2.05) is 0 Å². The number of carbonyl (C=O) groups is 1. The number of hydrogen-bond acceptors (Lipinski definition) is 3. The van der Waals surface area contributed by atoms with Crippen molar-refractivity contribution in [1.29, 1.82) is 0 Å². The van der Waals surface area contributed by atoms with Crippen molar-refractivity contribution < 1.29 is 18.0 Å². The van der Waals surface area contributed by atoms with Crippen LogP contribution in [0.25, 0.3) is 16.9 Å². The van der Waals surface area contributed by atoms with Gasteiger partial charge in [0.05, 0.1) is 23.1 Å². The maximum atomic E-state index is 13.7. The first-order chi connectivity index (χ1) is 14.0. The van der Waals surface area contributed by atoms with Crippen molar-refractivity contribution in [2.24, 2.45) is 0 Å². The lowest BCUT2D eigenvalue weighted by molar-refractivity contribution is 0.102. The van der Waals surface area contributed by atoms with Gasteiger partial charge in [0.25, 0.3) is 5.91 Å². The van der Waals surface area contributed by atoms with Gasteiger partial charge in [-0.05, 0) is 42.5 Å². The van der Waals surface area contributed by atoms with Crippen LogP contribution >= 0.6 is 0 Å². The summed E-state index contributed by atoms with van der Waals surface area (Å²) in [6, 6.07) is 11.8. The van der Waals surface area contributed by atoms with Gasteiger partial charge in [-0.15, -0.1) is 0 Å². The van der Waals surface area contributed by atoms with E-state index in [-0.39, 0.29) is 11.3 Å². The summed E-state index contributed by atoms with van der Waals surface area (Å²) in [5, 5.41) is 6.69. The molecule has 0 spiro atoms. The average molecular weight is 394 g/mol. The molecule has 1 N–H and O–H groups in total. The molecule has 8 heteroatoms. The molecule has 0 bridgehead atoms. The van der Waals surface area contributed by atoms with Crippen molar-refractivity contribution in [3.63, 3.8) is 0 Å². The van der Waals surface area contributed by atoms with Crippen molar-refractivity contribution in [3.8, 4) is 16.9 Å². The summed E-state index contributed by atoms with van der Waals surface area (Å²) < 4.78 is 42.0. The van der Waals surface area contributed by atoms with Crippen molar-refractivity contribution in [3.05, 3.63) is 96.2 Å². The summed E-state index contributed by atoms with van der Waals surface area (Å²) in [5.74, 6) is -2.71. The molecule has 2 aromatic heterocycles. The Balaban J connectivity index is 1.80. The molecule has 0 fully saturated rings. The van der Waals surface area contributed by atoms with E-state index in [0.717, 1.165) is 12.1 Å². The second-order valence-corrected chi connectivity index (χ2v) is 6.15. The number of hydrogen-bond donors (Lipinski definition) is 1. The van der Waals surface area contributed by atoms with E-state index < -0.39 is 23.4 Å². The van der Waals surface area contributed by atoms with Crippen LogP contribution in [-0.4, -0.2) is 20.7 Å². The van der Waals surface area contributed by atoms with E-state index >= 15 is 0 Å². The molecular weight excluding hydrogens is 381 g/mol. The molecule has 0 saturated carbocycles. The number of nitrogens with zero attached hydrogens (tertiary/aromatic N) is 3. The van der Waals surface area contributed by atoms with Crippen LogP contribution in [0.3, 0.4) is 0 Å². The fourth-order valence-electron chi connectivity index (χ4n) is 2.93. The quantitative estimate of drug-likeness (QED) is 0.550. The number of pyridine rings is 1. The molecule has 2 aromatic carbocycles. The van der Waals surface area contributed by atoms with Gasteiger partial charge in [0.1, 0.15) is 17.5 Å². The molecule has 144 valence electrons. The molecule has 1 amide bonds. The summed E-state index contributed by atoms with van der Waals surface area (Å²) in [5.41, 5.74) is 1.51. The Bertz CT molecular complexity index is 1170. The lowest BCUT2D eigenvalue weighted by atomic mass is 10.1. The minimum atomic E-state index is -0.815. The fraction of sp³-hybridized carbons (Fsp3) is 0. The van der Waals surface area contributed by atoms with Crippen LogP contribution in [0.1, 0.15) is 10.4 Å². The highest BCUT2D eigenvalue weighted by atomic mass is 19.1. The summed E-state index contributed by atoms with van der Waals surface area (Å²) in [6.07, 6.45) is 4.40. The Morgan fingerprint density at radius 2 is 1.62 bits per heavy atom. The highest BCUT2D eigenvalue weighted by molar-refractivity contribution is 6.08. The maximum Gasteiger partial charge on any atom is 0.259 e. The number of nitrogens with one attached hydrogen (secondary N) is 1. The van der Waals surface area contributed by atoms with Crippen LogP contribution in [0.4, 0.5) is 18.9 Å². The highest BCUT2D eigenvalue weighted by Gasteiger charge is 2.21. The van der Waals surface area contributed by atoms with Crippen LogP contribution in [-0.2, 0) is 0 Å². The molecular formula is C21H13F3N4O. The van der Waals surface area contributed by atoms with Gasteiger partial charge in [0, 0.05) is 29.7 Å². The van der Waals surface area contributed by atoms with Gasteiger partial charge >= 0.3 is 0 Å². The lowest BCUT2D eigenvalue weighted by Crippen LogP contribution is -2.13. The van der Waals surface area contributed by atoms with Crippen LogP contribution in [0, 0.1) is 17.5 Å². The molecule has 0 aliphatic heterocycles. The number of benzene rings is 2. The number of halogens is 3. The smallest absolute Gasteiger partial charge is 0.259 e. The molecule has 0 aliphatic carbocycles. The zero-order valence-corrected chi connectivity index (χ0v) is 14.8. The Labute approximate surface area is 163 Å². The molecule has 29 heavy (non-hydrogen) atoms. The van der Waals surface area contributed by atoms with Gasteiger partial charge in [-0.3, -0.25) is 9.78 Å². The fourth-order valence-corrected chi connectivity index (χ4v) is 2.93. The molecule has 4 rings (SSSR count). The number of anilines is 1. The minimum Gasteiger partial charge on any atom is -0.322 e. The zero-order valence-electron chi connectivity index (χ0n) is 14.8. The minimum absolute atomic E-state index is 0.0355. The van der Waals surface area contributed by atoms with Crippen molar-refractivity contribution in [2.75, 3.05) is 5.32 Å².